The molecule has 0 saturated carbocycles. The maximum absolute atomic E-state index is 4.66. The number of anilines is 5. The number of nitrogens with zero attached hydrogens (tertiary/aromatic N) is 4. The second-order valence-corrected chi connectivity index (χ2v) is 11.5. The molecular formula is C29H30N8S2. The molecule has 0 aliphatic carbocycles. The number of thiazole rings is 1. The standard InChI is InChI=1S/C29H30N8S2/c1-19-18-26(34-36-29-30-13-16-38-29)20(2)17-25(19)33-31-23-9-10-24(22-8-4-3-7-21(22)23)32-35-27-11-12-28(39-27)37-14-5-6-15-37/h3-4,7-13,16-18,32,34-35H,5-6,14-15H2,1-2H3,(H,30,36)/b33-31+. The third-order valence-corrected chi connectivity index (χ3v) is 8.53. The van der Waals surface area contributed by atoms with Gasteiger partial charge in [0.25, 0.3) is 0 Å². The summed E-state index contributed by atoms with van der Waals surface area (Å²) in [6, 6.07) is 20.8. The summed E-state index contributed by atoms with van der Waals surface area (Å²) in [5.74, 6) is 0. The first-order valence-electron chi connectivity index (χ1n) is 13.0. The summed E-state index contributed by atoms with van der Waals surface area (Å²) in [6.07, 6.45) is 4.33. The van der Waals surface area contributed by atoms with Crippen molar-refractivity contribution in [3.8, 4) is 0 Å². The van der Waals surface area contributed by atoms with Crippen LogP contribution < -0.4 is 26.6 Å². The number of hydrogen-bond donors (Lipinski definition) is 4. The van der Waals surface area contributed by atoms with Crippen LogP contribution in [0.1, 0.15) is 24.0 Å². The van der Waals surface area contributed by atoms with Gasteiger partial charge in [0.15, 0.2) is 0 Å². The smallest absolute Gasteiger partial charge is 0.201 e. The molecule has 198 valence electrons. The van der Waals surface area contributed by atoms with Gasteiger partial charge in [0.1, 0.15) is 5.00 Å². The van der Waals surface area contributed by atoms with Gasteiger partial charge in [-0.3, -0.25) is 21.7 Å². The third-order valence-electron chi connectivity index (χ3n) is 6.78. The van der Waals surface area contributed by atoms with Gasteiger partial charge < -0.3 is 4.90 Å². The van der Waals surface area contributed by atoms with Crippen LogP contribution in [0, 0.1) is 13.8 Å². The van der Waals surface area contributed by atoms with Gasteiger partial charge in [-0.15, -0.1) is 16.5 Å². The number of aromatic nitrogens is 1. The average molecular weight is 555 g/mol. The summed E-state index contributed by atoms with van der Waals surface area (Å²) in [5, 5.41) is 16.6. The van der Waals surface area contributed by atoms with Crippen molar-refractivity contribution in [2.45, 2.75) is 26.7 Å². The zero-order chi connectivity index (χ0) is 26.6. The molecule has 1 aliphatic rings. The van der Waals surface area contributed by atoms with Gasteiger partial charge in [-0.1, -0.05) is 35.6 Å². The van der Waals surface area contributed by atoms with Crippen molar-refractivity contribution in [2.24, 2.45) is 10.2 Å². The van der Waals surface area contributed by atoms with Crippen LogP contribution in [0.3, 0.4) is 0 Å². The van der Waals surface area contributed by atoms with Crippen molar-refractivity contribution in [3.05, 3.63) is 83.4 Å². The fraction of sp³-hybridized carbons (Fsp3) is 0.207. The first kappa shape index (κ1) is 25.1. The largest absolute Gasteiger partial charge is 0.363 e. The molecule has 3 aromatic carbocycles. The first-order chi connectivity index (χ1) is 19.1. The van der Waals surface area contributed by atoms with E-state index in [2.05, 4.69) is 79.1 Å². The number of hydrazine groups is 2. The van der Waals surface area contributed by atoms with Crippen LogP contribution in [0.15, 0.2) is 82.5 Å². The molecular weight excluding hydrogens is 525 g/mol. The number of hydrogen-bond acceptors (Lipinski definition) is 10. The Labute approximate surface area is 235 Å². The second-order valence-electron chi connectivity index (χ2n) is 9.50. The molecule has 10 heteroatoms. The fourth-order valence-electron chi connectivity index (χ4n) is 4.67. The van der Waals surface area contributed by atoms with Crippen molar-refractivity contribution in [2.75, 3.05) is 39.7 Å². The molecule has 0 radical (unpaired) electrons. The van der Waals surface area contributed by atoms with Crippen molar-refractivity contribution in [1.82, 2.24) is 4.98 Å². The molecule has 0 unspecified atom stereocenters. The SMILES string of the molecule is Cc1cc(NNc2nccs2)c(C)cc1/N=N/c1ccc(NNc2ccc(N3CCCC3)s2)c2ccccc12. The summed E-state index contributed by atoms with van der Waals surface area (Å²) in [6.45, 7) is 6.39. The Hall–Kier alpha value is -4.15. The van der Waals surface area contributed by atoms with Gasteiger partial charge in [0.2, 0.25) is 5.13 Å². The van der Waals surface area contributed by atoms with E-state index in [0.717, 1.165) is 67.9 Å². The van der Waals surface area contributed by atoms with Crippen LogP contribution >= 0.6 is 22.7 Å². The molecule has 0 spiro atoms. The van der Waals surface area contributed by atoms with Crippen LogP contribution in [0.5, 0.6) is 0 Å². The monoisotopic (exact) mass is 554 g/mol. The van der Waals surface area contributed by atoms with E-state index in [9.17, 15) is 0 Å². The molecule has 2 aromatic heterocycles. The molecule has 0 amide bonds. The Morgan fingerprint density at radius 1 is 0.769 bits per heavy atom. The minimum atomic E-state index is 0.818. The van der Waals surface area contributed by atoms with Crippen molar-refractivity contribution in [1.29, 1.82) is 0 Å². The zero-order valence-corrected chi connectivity index (χ0v) is 23.5. The van der Waals surface area contributed by atoms with Crippen LogP contribution in [-0.4, -0.2) is 18.1 Å². The molecule has 1 aliphatic heterocycles. The lowest BCUT2D eigenvalue weighted by atomic mass is 10.1. The number of fused-ring (bicyclic) bond motifs is 1. The zero-order valence-electron chi connectivity index (χ0n) is 21.9. The quantitative estimate of drug-likeness (QED) is 0.107. The second kappa shape index (κ2) is 11.3. The highest BCUT2D eigenvalue weighted by atomic mass is 32.1. The highest BCUT2D eigenvalue weighted by Gasteiger charge is 2.14. The fourth-order valence-corrected chi connectivity index (χ4v) is 6.06. The normalized spacial score (nSPS) is 13.3. The van der Waals surface area contributed by atoms with E-state index in [1.165, 1.54) is 17.8 Å². The van der Waals surface area contributed by atoms with Crippen LogP contribution in [0.4, 0.5) is 37.9 Å². The lowest BCUT2D eigenvalue weighted by molar-refractivity contribution is 0.949. The molecule has 3 heterocycles. The van der Waals surface area contributed by atoms with E-state index in [1.807, 2.05) is 42.6 Å². The predicted molar refractivity (Wildman–Crippen MR) is 166 cm³/mol. The topological polar surface area (TPSA) is 89.0 Å². The van der Waals surface area contributed by atoms with Gasteiger partial charge >= 0.3 is 0 Å². The van der Waals surface area contributed by atoms with E-state index < -0.39 is 0 Å². The van der Waals surface area contributed by atoms with E-state index in [0.29, 0.717) is 0 Å². The Kier molecular flexibility index (Phi) is 7.29. The number of rotatable bonds is 9. The van der Waals surface area contributed by atoms with E-state index in [-0.39, 0.29) is 0 Å². The number of aryl methyl sites for hydroxylation is 2. The number of benzene rings is 3. The first-order valence-corrected chi connectivity index (χ1v) is 14.7. The molecule has 1 fully saturated rings. The molecule has 1 saturated heterocycles. The summed E-state index contributed by atoms with van der Waals surface area (Å²) in [7, 11) is 0. The highest BCUT2D eigenvalue weighted by molar-refractivity contribution is 7.20. The maximum atomic E-state index is 4.66. The van der Waals surface area contributed by atoms with Crippen LogP contribution in [0.2, 0.25) is 0 Å². The lowest BCUT2D eigenvalue weighted by Gasteiger charge is -2.14. The van der Waals surface area contributed by atoms with Crippen LogP contribution in [-0.2, 0) is 0 Å². The molecule has 39 heavy (non-hydrogen) atoms. The molecule has 5 aromatic rings. The highest BCUT2D eigenvalue weighted by Crippen LogP contribution is 2.36. The molecule has 4 N–H and O–H groups in total. The third kappa shape index (κ3) is 5.67. The van der Waals surface area contributed by atoms with E-state index in [4.69, 9.17) is 0 Å². The van der Waals surface area contributed by atoms with Crippen molar-refractivity contribution >= 4 is 71.3 Å². The Morgan fingerprint density at radius 3 is 2.38 bits per heavy atom. The maximum Gasteiger partial charge on any atom is 0.201 e. The van der Waals surface area contributed by atoms with Gasteiger partial charge in [-0.05, 0) is 74.2 Å². The molecule has 8 nitrogen and oxygen atoms in total. The molecule has 0 bridgehead atoms. The van der Waals surface area contributed by atoms with Gasteiger partial charge in [-0.2, -0.15) is 5.11 Å². The van der Waals surface area contributed by atoms with Crippen molar-refractivity contribution in [3.63, 3.8) is 0 Å². The van der Waals surface area contributed by atoms with E-state index >= 15 is 0 Å². The summed E-state index contributed by atoms with van der Waals surface area (Å²) < 4.78 is 0. The Bertz CT molecular complexity index is 1600. The summed E-state index contributed by atoms with van der Waals surface area (Å²) >= 11 is 3.32. The molecule has 6 rings (SSSR count). The number of nitrogens with one attached hydrogen (secondary N) is 4. The lowest BCUT2D eigenvalue weighted by Crippen LogP contribution is -2.15. The van der Waals surface area contributed by atoms with Gasteiger partial charge in [-0.25, -0.2) is 4.98 Å². The number of thiophene rings is 1. The Morgan fingerprint density at radius 2 is 1.56 bits per heavy atom. The van der Waals surface area contributed by atoms with E-state index in [1.54, 1.807) is 28.9 Å². The summed E-state index contributed by atoms with van der Waals surface area (Å²) in [5.41, 5.74) is 18.9. The van der Waals surface area contributed by atoms with Gasteiger partial charge in [0.05, 0.1) is 27.8 Å². The van der Waals surface area contributed by atoms with Crippen molar-refractivity contribution < 1.29 is 0 Å². The van der Waals surface area contributed by atoms with Crippen LogP contribution in [0.25, 0.3) is 10.8 Å². The summed E-state index contributed by atoms with van der Waals surface area (Å²) in [4.78, 5) is 6.70. The Balaban J connectivity index is 1.18. The minimum absolute atomic E-state index is 0.818. The minimum Gasteiger partial charge on any atom is -0.363 e. The predicted octanol–water partition coefficient (Wildman–Crippen LogP) is 8.87. The molecule has 0 atom stereocenters. The van der Waals surface area contributed by atoms with Gasteiger partial charge in [0, 0.05) is 35.4 Å². The number of azo groups is 1. The average Bonchev–Trinajstić information content (AvgIpc) is 3.75.